The quantitative estimate of drug-likeness (QED) is 0.661. The molecule has 1 saturated heterocycles. The summed E-state index contributed by atoms with van der Waals surface area (Å²) in [6.07, 6.45) is 1.03. The van der Waals surface area contributed by atoms with Gasteiger partial charge in [-0.3, -0.25) is 4.79 Å². The Kier molecular flexibility index (Phi) is 3.89. The lowest BCUT2D eigenvalue weighted by atomic mass is 10.0. The molecule has 0 aromatic heterocycles. The van der Waals surface area contributed by atoms with Crippen LogP contribution in [0, 0.1) is 5.92 Å². The van der Waals surface area contributed by atoms with Gasteiger partial charge in [0.25, 0.3) is 0 Å². The maximum absolute atomic E-state index is 11.6. The number of nitrogens with two attached hydrogens (primary N) is 1. The van der Waals surface area contributed by atoms with E-state index in [-0.39, 0.29) is 23.9 Å². The smallest absolute Gasteiger partial charge is 0.237 e. The van der Waals surface area contributed by atoms with Crippen LogP contribution in [0.15, 0.2) is 0 Å². The van der Waals surface area contributed by atoms with Gasteiger partial charge in [0.15, 0.2) is 0 Å². The first-order valence-corrected chi connectivity index (χ1v) is 5.25. The first-order chi connectivity index (χ1) is 6.50. The molecule has 4 heteroatoms. The highest BCUT2D eigenvalue weighted by Crippen LogP contribution is 2.07. The fourth-order valence-corrected chi connectivity index (χ4v) is 1.65. The van der Waals surface area contributed by atoms with E-state index in [2.05, 4.69) is 17.3 Å². The first-order valence-electron chi connectivity index (χ1n) is 5.25. The molecule has 0 aromatic rings. The van der Waals surface area contributed by atoms with Gasteiger partial charge in [-0.1, -0.05) is 13.8 Å². The second-order valence-corrected chi connectivity index (χ2v) is 4.53. The number of nitrogens with one attached hydrogen (secondary N) is 1. The molecule has 1 fully saturated rings. The predicted octanol–water partition coefficient (Wildman–Crippen LogP) is -0.210. The maximum atomic E-state index is 11.6. The molecule has 0 bridgehead atoms. The van der Waals surface area contributed by atoms with Gasteiger partial charge >= 0.3 is 0 Å². The van der Waals surface area contributed by atoms with E-state index in [1.165, 1.54) is 0 Å². The number of likely N-dealkylation sites (N-methyl/N-ethyl adjacent to an activating group) is 1. The highest BCUT2D eigenvalue weighted by molar-refractivity contribution is 5.82. The first kappa shape index (κ1) is 11.5. The van der Waals surface area contributed by atoms with Crippen LogP contribution < -0.4 is 11.1 Å². The Morgan fingerprint density at radius 3 is 2.64 bits per heavy atom. The van der Waals surface area contributed by atoms with E-state index in [1.54, 1.807) is 0 Å². The SMILES string of the molecule is CC(C)[C@H](N)C(=O)N[C@@H]1CCN(C)C1. The van der Waals surface area contributed by atoms with Crippen molar-refractivity contribution in [3.05, 3.63) is 0 Å². The number of hydrogen-bond acceptors (Lipinski definition) is 3. The zero-order valence-corrected chi connectivity index (χ0v) is 9.29. The Morgan fingerprint density at radius 2 is 2.21 bits per heavy atom. The van der Waals surface area contributed by atoms with Crippen LogP contribution in [-0.4, -0.2) is 43.0 Å². The van der Waals surface area contributed by atoms with Crippen molar-refractivity contribution in [2.75, 3.05) is 20.1 Å². The van der Waals surface area contributed by atoms with Crippen LogP contribution in [0.1, 0.15) is 20.3 Å². The molecule has 0 radical (unpaired) electrons. The minimum atomic E-state index is -0.374. The van der Waals surface area contributed by atoms with Crippen molar-refractivity contribution >= 4 is 5.91 Å². The highest BCUT2D eigenvalue weighted by atomic mass is 16.2. The molecule has 1 rings (SSSR count). The third-order valence-electron chi connectivity index (χ3n) is 2.76. The van der Waals surface area contributed by atoms with Crippen LogP contribution in [0.3, 0.4) is 0 Å². The van der Waals surface area contributed by atoms with Crippen molar-refractivity contribution in [3.8, 4) is 0 Å². The normalized spacial score (nSPS) is 25.4. The van der Waals surface area contributed by atoms with Crippen molar-refractivity contribution < 1.29 is 4.79 Å². The molecule has 14 heavy (non-hydrogen) atoms. The molecule has 0 aliphatic carbocycles. The fraction of sp³-hybridized carbons (Fsp3) is 0.900. The number of hydrogen-bond donors (Lipinski definition) is 2. The summed E-state index contributed by atoms with van der Waals surface area (Å²) in [5.41, 5.74) is 5.75. The molecule has 1 heterocycles. The van der Waals surface area contributed by atoms with Crippen molar-refractivity contribution in [2.24, 2.45) is 11.7 Å². The topological polar surface area (TPSA) is 58.4 Å². The lowest BCUT2D eigenvalue weighted by Gasteiger charge is -2.19. The van der Waals surface area contributed by atoms with E-state index in [4.69, 9.17) is 5.73 Å². The summed E-state index contributed by atoms with van der Waals surface area (Å²) in [7, 11) is 2.06. The molecule has 0 spiro atoms. The summed E-state index contributed by atoms with van der Waals surface area (Å²) in [5, 5.41) is 2.98. The van der Waals surface area contributed by atoms with Crippen molar-refractivity contribution in [2.45, 2.75) is 32.4 Å². The lowest BCUT2D eigenvalue weighted by Crippen LogP contribution is -2.48. The number of nitrogens with zero attached hydrogens (tertiary/aromatic N) is 1. The minimum Gasteiger partial charge on any atom is -0.351 e. The third kappa shape index (κ3) is 2.96. The van der Waals surface area contributed by atoms with Gasteiger partial charge in [-0.15, -0.1) is 0 Å². The molecule has 3 N–H and O–H groups in total. The standard InChI is InChI=1S/C10H21N3O/c1-7(2)9(11)10(14)12-8-4-5-13(3)6-8/h7-9H,4-6,11H2,1-3H3,(H,12,14)/t8-,9+/m1/s1. The molecular formula is C10H21N3O. The molecule has 1 amide bonds. The largest absolute Gasteiger partial charge is 0.351 e. The second kappa shape index (κ2) is 4.75. The maximum Gasteiger partial charge on any atom is 0.237 e. The average molecular weight is 199 g/mol. The number of carbonyl (C=O) groups excluding carboxylic acids is 1. The summed E-state index contributed by atoms with van der Waals surface area (Å²) in [5.74, 6) is 0.189. The molecule has 1 aliphatic rings. The second-order valence-electron chi connectivity index (χ2n) is 4.53. The average Bonchev–Trinajstić information content (AvgIpc) is 2.49. The van der Waals surface area contributed by atoms with Crippen LogP contribution in [0.25, 0.3) is 0 Å². The molecule has 4 nitrogen and oxygen atoms in total. The molecule has 1 aliphatic heterocycles. The van der Waals surface area contributed by atoms with Crippen molar-refractivity contribution in [1.82, 2.24) is 10.2 Å². The summed E-state index contributed by atoms with van der Waals surface area (Å²) < 4.78 is 0. The van der Waals surface area contributed by atoms with Crippen molar-refractivity contribution in [1.29, 1.82) is 0 Å². The van der Waals surface area contributed by atoms with E-state index in [9.17, 15) is 4.79 Å². The Balaban J connectivity index is 2.33. The Bertz CT molecular complexity index is 206. The number of carbonyl (C=O) groups is 1. The Hall–Kier alpha value is -0.610. The van der Waals surface area contributed by atoms with Crippen molar-refractivity contribution in [3.63, 3.8) is 0 Å². The number of rotatable bonds is 3. The molecular weight excluding hydrogens is 178 g/mol. The van der Waals surface area contributed by atoms with E-state index in [1.807, 2.05) is 13.8 Å². The molecule has 2 atom stereocenters. The van der Waals surface area contributed by atoms with Gasteiger partial charge in [-0.25, -0.2) is 0 Å². The van der Waals surface area contributed by atoms with Crippen LogP contribution in [0.5, 0.6) is 0 Å². The van der Waals surface area contributed by atoms with E-state index in [0.29, 0.717) is 0 Å². The van der Waals surface area contributed by atoms with Gasteiger partial charge < -0.3 is 16.0 Å². The van der Waals surface area contributed by atoms with Gasteiger partial charge in [0.05, 0.1) is 6.04 Å². The lowest BCUT2D eigenvalue weighted by molar-refractivity contribution is -0.123. The fourth-order valence-electron chi connectivity index (χ4n) is 1.65. The predicted molar refractivity (Wildman–Crippen MR) is 56.9 cm³/mol. The summed E-state index contributed by atoms with van der Waals surface area (Å²) in [4.78, 5) is 13.8. The van der Waals surface area contributed by atoms with Gasteiger partial charge in [0.2, 0.25) is 5.91 Å². The number of amides is 1. The van der Waals surface area contributed by atoms with Crippen LogP contribution in [0.2, 0.25) is 0 Å². The van der Waals surface area contributed by atoms with E-state index < -0.39 is 0 Å². The zero-order valence-electron chi connectivity index (χ0n) is 9.29. The molecule has 0 saturated carbocycles. The Morgan fingerprint density at radius 1 is 1.57 bits per heavy atom. The Labute approximate surface area is 85.8 Å². The monoisotopic (exact) mass is 199 g/mol. The summed E-state index contributed by atoms with van der Waals surface area (Å²) in [6, 6.07) is -0.0850. The van der Waals surface area contributed by atoms with Crippen LogP contribution in [-0.2, 0) is 4.79 Å². The zero-order chi connectivity index (χ0) is 10.7. The van der Waals surface area contributed by atoms with Crippen LogP contribution >= 0.6 is 0 Å². The third-order valence-corrected chi connectivity index (χ3v) is 2.76. The highest BCUT2D eigenvalue weighted by Gasteiger charge is 2.24. The van der Waals surface area contributed by atoms with E-state index in [0.717, 1.165) is 19.5 Å². The molecule has 0 unspecified atom stereocenters. The van der Waals surface area contributed by atoms with Gasteiger partial charge in [-0.05, 0) is 25.9 Å². The summed E-state index contributed by atoms with van der Waals surface area (Å²) in [6.45, 7) is 5.93. The minimum absolute atomic E-state index is 0.0136. The van der Waals surface area contributed by atoms with E-state index >= 15 is 0 Å². The number of likely N-dealkylation sites (tertiary alicyclic amines) is 1. The van der Waals surface area contributed by atoms with Crippen LogP contribution in [0.4, 0.5) is 0 Å². The molecule has 82 valence electrons. The van der Waals surface area contributed by atoms with Gasteiger partial charge in [-0.2, -0.15) is 0 Å². The summed E-state index contributed by atoms with van der Waals surface area (Å²) >= 11 is 0. The van der Waals surface area contributed by atoms with Gasteiger partial charge in [0.1, 0.15) is 0 Å². The van der Waals surface area contributed by atoms with Gasteiger partial charge in [0, 0.05) is 12.6 Å². The molecule has 0 aromatic carbocycles.